The lowest BCUT2D eigenvalue weighted by atomic mass is 10.2. The lowest BCUT2D eigenvalue weighted by molar-refractivity contribution is 0.102. The summed E-state index contributed by atoms with van der Waals surface area (Å²) < 4.78 is 14.5. The maximum atomic E-state index is 13.0. The van der Waals surface area contributed by atoms with E-state index < -0.39 is 6.03 Å². The van der Waals surface area contributed by atoms with Crippen molar-refractivity contribution in [3.63, 3.8) is 0 Å². The zero-order valence-electron chi connectivity index (χ0n) is 17.0. The van der Waals surface area contributed by atoms with Gasteiger partial charge in [0.15, 0.2) is 0 Å². The highest BCUT2D eigenvalue weighted by Crippen LogP contribution is 2.16. The highest BCUT2D eigenvalue weighted by Gasteiger charge is 2.10. The minimum Gasteiger partial charge on any atom is -0.321 e. The number of pyridine rings is 1. The lowest BCUT2D eigenvalue weighted by Gasteiger charge is -2.07. The Morgan fingerprint density at radius 3 is 2.38 bits per heavy atom. The molecule has 8 nitrogen and oxygen atoms in total. The second-order valence-corrected chi connectivity index (χ2v) is 6.95. The summed E-state index contributed by atoms with van der Waals surface area (Å²) in [5.74, 6) is -0.662. The number of carbonyl (C=O) groups excluding carboxylic acids is 2. The van der Waals surface area contributed by atoms with Crippen molar-refractivity contribution in [3.8, 4) is 5.69 Å². The molecular weight excluding hydrogens is 411 g/mol. The number of nitrogens with one attached hydrogen (secondary N) is 3. The van der Waals surface area contributed by atoms with Crippen molar-refractivity contribution in [3.05, 3.63) is 96.3 Å². The molecule has 4 aromatic rings. The fraction of sp³-hybridized carbons (Fsp3) is 0.0435. The van der Waals surface area contributed by atoms with E-state index in [2.05, 4.69) is 26.0 Å². The van der Waals surface area contributed by atoms with E-state index in [0.717, 1.165) is 5.69 Å². The molecule has 2 aromatic carbocycles. The van der Waals surface area contributed by atoms with Crippen molar-refractivity contribution in [2.75, 3.05) is 16.0 Å². The molecule has 32 heavy (non-hydrogen) atoms. The van der Waals surface area contributed by atoms with Gasteiger partial charge in [0.1, 0.15) is 5.82 Å². The quantitative estimate of drug-likeness (QED) is 0.430. The molecule has 3 N–H and O–H groups in total. The van der Waals surface area contributed by atoms with Gasteiger partial charge in [-0.05, 0) is 61.5 Å². The fourth-order valence-electron chi connectivity index (χ4n) is 2.89. The molecule has 0 fully saturated rings. The number of carbonyl (C=O) groups is 2. The Morgan fingerprint density at radius 2 is 1.62 bits per heavy atom. The van der Waals surface area contributed by atoms with Gasteiger partial charge >= 0.3 is 6.03 Å². The molecule has 9 heteroatoms. The van der Waals surface area contributed by atoms with E-state index in [1.165, 1.54) is 35.1 Å². The first-order valence-corrected chi connectivity index (χ1v) is 9.69. The maximum absolute atomic E-state index is 13.0. The number of hydrogen-bond acceptors (Lipinski definition) is 4. The zero-order chi connectivity index (χ0) is 22.5. The van der Waals surface area contributed by atoms with Crippen LogP contribution in [-0.4, -0.2) is 26.7 Å². The van der Waals surface area contributed by atoms with Gasteiger partial charge in [-0.3, -0.25) is 9.78 Å². The van der Waals surface area contributed by atoms with Gasteiger partial charge in [-0.25, -0.2) is 13.9 Å². The molecule has 0 unspecified atom stereocenters. The molecule has 2 aromatic heterocycles. The van der Waals surface area contributed by atoms with Crippen molar-refractivity contribution in [1.29, 1.82) is 0 Å². The Hall–Kier alpha value is -4.53. The Morgan fingerprint density at radius 1 is 0.875 bits per heavy atom. The van der Waals surface area contributed by atoms with Crippen LogP contribution in [-0.2, 0) is 0 Å². The number of rotatable bonds is 5. The molecule has 0 bridgehead atoms. The summed E-state index contributed by atoms with van der Waals surface area (Å²) in [6, 6.07) is 15.5. The van der Waals surface area contributed by atoms with E-state index in [0.29, 0.717) is 28.3 Å². The van der Waals surface area contributed by atoms with E-state index in [-0.39, 0.29) is 11.7 Å². The summed E-state index contributed by atoms with van der Waals surface area (Å²) in [5, 5.41) is 12.3. The van der Waals surface area contributed by atoms with Gasteiger partial charge in [0, 0.05) is 16.9 Å². The van der Waals surface area contributed by atoms with E-state index in [1.54, 1.807) is 42.7 Å². The van der Waals surface area contributed by atoms with Crippen LogP contribution in [0.2, 0.25) is 0 Å². The average Bonchev–Trinajstić information content (AvgIpc) is 3.25. The first-order chi connectivity index (χ1) is 15.5. The third kappa shape index (κ3) is 5.14. The smallest absolute Gasteiger partial charge is 0.321 e. The number of anilines is 3. The molecule has 0 spiro atoms. The summed E-state index contributed by atoms with van der Waals surface area (Å²) in [7, 11) is 0. The van der Waals surface area contributed by atoms with Gasteiger partial charge in [-0.1, -0.05) is 6.07 Å². The maximum Gasteiger partial charge on any atom is 0.323 e. The van der Waals surface area contributed by atoms with Crippen LogP contribution in [0.4, 0.5) is 26.2 Å². The summed E-state index contributed by atoms with van der Waals surface area (Å²) in [5.41, 5.74) is 3.46. The molecule has 0 atom stereocenters. The minimum absolute atomic E-state index is 0.276. The van der Waals surface area contributed by atoms with Crippen LogP contribution < -0.4 is 16.0 Å². The largest absolute Gasteiger partial charge is 0.323 e. The first kappa shape index (κ1) is 20.7. The van der Waals surface area contributed by atoms with Gasteiger partial charge < -0.3 is 16.0 Å². The van der Waals surface area contributed by atoms with Crippen molar-refractivity contribution in [1.82, 2.24) is 14.8 Å². The minimum atomic E-state index is -0.490. The number of amides is 3. The molecule has 160 valence electrons. The van der Waals surface area contributed by atoms with Gasteiger partial charge in [0.2, 0.25) is 0 Å². The standard InChI is InChI=1S/C23H19FN6O2/c1-15-5-8-19(12-25-15)27-22(31)16-3-2-4-21(11-16)30-14-20(13-26-30)29-23(32)28-18-9-6-17(24)7-10-18/h2-14H,1H3,(H,27,31)(H2,28,29,32). The van der Waals surface area contributed by atoms with Gasteiger partial charge in [0.05, 0.1) is 35.7 Å². The molecule has 4 rings (SSSR count). The molecule has 0 aliphatic rings. The second kappa shape index (κ2) is 9.09. The molecule has 0 radical (unpaired) electrons. The number of aromatic nitrogens is 3. The van der Waals surface area contributed by atoms with Gasteiger partial charge in [0.25, 0.3) is 5.91 Å². The van der Waals surface area contributed by atoms with E-state index in [9.17, 15) is 14.0 Å². The summed E-state index contributed by atoms with van der Waals surface area (Å²) in [4.78, 5) is 28.9. The van der Waals surface area contributed by atoms with Crippen molar-refractivity contribution < 1.29 is 14.0 Å². The Labute approximate surface area is 183 Å². The van der Waals surface area contributed by atoms with Crippen LogP contribution in [0.1, 0.15) is 16.1 Å². The Balaban J connectivity index is 1.42. The molecular formula is C23H19FN6O2. The van der Waals surface area contributed by atoms with Crippen molar-refractivity contribution in [2.24, 2.45) is 0 Å². The number of urea groups is 1. The number of aryl methyl sites for hydroxylation is 1. The highest BCUT2D eigenvalue weighted by atomic mass is 19.1. The Kier molecular flexibility index (Phi) is 5.89. The van der Waals surface area contributed by atoms with Crippen LogP contribution in [0, 0.1) is 12.7 Å². The van der Waals surface area contributed by atoms with Crippen LogP contribution >= 0.6 is 0 Å². The predicted molar refractivity (Wildman–Crippen MR) is 120 cm³/mol. The summed E-state index contributed by atoms with van der Waals surface area (Å²) >= 11 is 0. The zero-order valence-corrected chi connectivity index (χ0v) is 17.0. The topological polar surface area (TPSA) is 101 Å². The lowest BCUT2D eigenvalue weighted by Crippen LogP contribution is -2.19. The van der Waals surface area contributed by atoms with Crippen LogP contribution in [0.25, 0.3) is 5.69 Å². The van der Waals surface area contributed by atoms with Gasteiger partial charge in [-0.2, -0.15) is 5.10 Å². The average molecular weight is 430 g/mol. The second-order valence-electron chi connectivity index (χ2n) is 6.95. The SMILES string of the molecule is Cc1ccc(NC(=O)c2cccc(-n3cc(NC(=O)Nc4ccc(F)cc4)cn3)c2)cn1. The molecule has 3 amide bonds. The third-order valence-corrected chi connectivity index (χ3v) is 4.48. The molecule has 0 aliphatic carbocycles. The normalized spacial score (nSPS) is 10.4. The summed E-state index contributed by atoms with van der Waals surface area (Å²) in [6.07, 6.45) is 4.69. The number of halogens is 1. The first-order valence-electron chi connectivity index (χ1n) is 9.69. The summed E-state index contributed by atoms with van der Waals surface area (Å²) in [6.45, 7) is 1.87. The fourth-order valence-corrected chi connectivity index (χ4v) is 2.89. The molecule has 0 saturated heterocycles. The number of nitrogens with zero attached hydrogens (tertiary/aromatic N) is 3. The Bertz CT molecular complexity index is 1250. The van der Waals surface area contributed by atoms with Crippen molar-refractivity contribution >= 4 is 29.0 Å². The highest BCUT2D eigenvalue weighted by molar-refractivity contribution is 6.04. The predicted octanol–water partition coefficient (Wildman–Crippen LogP) is 4.61. The molecule has 0 saturated carbocycles. The van der Waals surface area contributed by atoms with Crippen molar-refractivity contribution in [2.45, 2.75) is 6.92 Å². The molecule has 2 heterocycles. The number of hydrogen-bond donors (Lipinski definition) is 3. The monoisotopic (exact) mass is 430 g/mol. The van der Waals surface area contributed by atoms with E-state index >= 15 is 0 Å². The van der Waals surface area contributed by atoms with Gasteiger partial charge in [-0.15, -0.1) is 0 Å². The van der Waals surface area contributed by atoms with Crippen LogP contribution in [0.3, 0.4) is 0 Å². The number of benzene rings is 2. The van der Waals surface area contributed by atoms with Crippen LogP contribution in [0.15, 0.2) is 79.3 Å². The van der Waals surface area contributed by atoms with E-state index in [4.69, 9.17) is 0 Å². The van der Waals surface area contributed by atoms with E-state index in [1.807, 2.05) is 13.0 Å². The molecule has 0 aliphatic heterocycles. The van der Waals surface area contributed by atoms with Crippen LogP contribution in [0.5, 0.6) is 0 Å². The third-order valence-electron chi connectivity index (χ3n) is 4.48.